The number of hydrogen-bond donors (Lipinski definition) is 0. The zero-order valence-electron chi connectivity index (χ0n) is 14.4. The summed E-state index contributed by atoms with van der Waals surface area (Å²) in [4.78, 5) is 28.6. The molecule has 24 heavy (non-hydrogen) atoms. The quantitative estimate of drug-likeness (QED) is 0.823. The molecule has 1 aliphatic rings. The van der Waals surface area contributed by atoms with E-state index in [4.69, 9.17) is 5.26 Å². The van der Waals surface area contributed by atoms with Crippen LogP contribution in [0.4, 0.5) is 0 Å². The minimum absolute atomic E-state index is 0.00107. The van der Waals surface area contributed by atoms with Gasteiger partial charge in [0, 0.05) is 24.8 Å². The van der Waals surface area contributed by atoms with Gasteiger partial charge in [-0.2, -0.15) is 5.26 Å². The van der Waals surface area contributed by atoms with Gasteiger partial charge >= 0.3 is 0 Å². The van der Waals surface area contributed by atoms with Gasteiger partial charge in [-0.05, 0) is 31.5 Å². The van der Waals surface area contributed by atoms with E-state index in [1.807, 2.05) is 37.8 Å². The Labute approximate surface area is 147 Å². The van der Waals surface area contributed by atoms with Crippen LogP contribution in [0.2, 0.25) is 0 Å². The van der Waals surface area contributed by atoms with Crippen LogP contribution in [0.5, 0.6) is 0 Å². The highest BCUT2D eigenvalue weighted by Crippen LogP contribution is 2.24. The number of thioether (sulfide) groups is 1. The number of hydrogen-bond acceptors (Lipinski definition) is 4. The van der Waals surface area contributed by atoms with Crippen molar-refractivity contribution in [1.29, 1.82) is 5.26 Å². The van der Waals surface area contributed by atoms with Crippen molar-refractivity contribution in [3.8, 4) is 6.07 Å². The summed E-state index contributed by atoms with van der Waals surface area (Å²) < 4.78 is 0. The molecule has 1 atom stereocenters. The second kappa shape index (κ2) is 8.20. The van der Waals surface area contributed by atoms with Crippen molar-refractivity contribution in [1.82, 2.24) is 9.80 Å². The zero-order chi connectivity index (χ0) is 17.7. The summed E-state index contributed by atoms with van der Waals surface area (Å²) in [6.07, 6.45) is 0.418. The molecule has 1 aromatic carbocycles. The maximum absolute atomic E-state index is 13.0. The Kier molecular flexibility index (Phi) is 6.27. The molecule has 1 heterocycles. The van der Waals surface area contributed by atoms with Gasteiger partial charge in [0.25, 0.3) is 0 Å². The van der Waals surface area contributed by atoms with Crippen molar-refractivity contribution in [2.24, 2.45) is 0 Å². The Morgan fingerprint density at radius 3 is 2.58 bits per heavy atom. The molecule has 128 valence electrons. The number of benzene rings is 1. The first-order chi connectivity index (χ1) is 11.5. The van der Waals surface area contributed by atoms with E-state index in [1.54, 1.807) is 28.8 Å². The molecule has 0 bridgehead atoms. The fourth-order valence-electron chi connectivity index (χ4n) is 2.68. The molecule has 1 fully saturated rings. The first-order valence-electron chi connectivity index (χ1n) is 8.14. The summed E-state index contributed by atoms with van der Waals surface area (Å²) in [6, 6.07) is 9.03. The molecule has 1 unspecified atom stereocenters. The van der Waals surface area contributed by atoms with Crippen LogP contribution >= 0.6 is 11.8 Å². The molecular weight excluding hydrogens is 322 g/mol. The van der Waals surface area contributed by atoms with Crippen molar-refractivity contribution >= 4 is 23.6 Å². The third-order valence-corrected chi connectivity index (χ3v) is 5.14. The van der Waals surface area contributed by atoms with Gasteiger partial charge in [0.05, 0.1) is 17.5 Å². The predicted molar refractivity (Wildman–Crippen MR) is 95.1 cm³/mol. The molecule has 5 nitrogen and oxygen atoms in total. The fraction of sp³-hybridized carbons (Fsp3) is 0.500. The number of rotatable bonds is 5. The summed E-state index contributed by atoms with van der Waals surface area (Å²) in [7, 11) is 0. The third kappa shape index (κ3) is 4.09. The molecule has 0 aliphatic carbocycles. The zero-order valence-corrected chi connectivity index (χ0v) is 15.2. The SMILES string of the molecule is CCC(=O)N1CSCC1C(=O)N(Cc1ccc(C#N)cc1)C(C)C. The number of carbonyl (C=O) groups is 2. The maximum Gasteiger partial charge on any atom is 0.246 e. The van der Waals surface area contributed by atoms with Crippen molar-refractivity contribution in [2.45, 2.75) is 45.8 Å². The molecular formula is C18H23N3O2S. The smallest absolute Gasteiger partial charge is 0.246 e. The lowest BCUT2D eigenvalue weighted by atomic mass is 10.1. The number of nitrogens with zero attached hydrogens (tertiary/aromatic N) is 3. The van der Waals surface area contributed by atoms with Gasteiger partial charge in [-0.1, -0.05) is 19.1 Å². The van der Waals surface area contributed by atoms with Crippen LogP contribution in [0.1, 0.15) is 38.3 Å². The van der Waals surface area contributed by atoms with Crippen LogP contribution in [0.3, 0.4) is 0 Å². The molecule has 0 saturated carbocycles. The summed E-state index contributed by atoms with van der Waals surface area (Å²) in [5.74, 6) is 1.27. The van der Waals surface area contributed by atoms with Crippen LogP contribution in [0, 0.1) is 11.3 Å². The van der Waals surface area contributed by atoms with E-state index in [0.717, 1.165) is 5.56 Å². The second-order valence-electron chi connectivity index (χ2n) is 6.10. The molecule has 0 radical (unpaired) electrons. The molecule has 0 spiro atoms. The minimum Gasteiger partial charge on any atom is -0.334 e. The van der Waals surface area contributed by atoms with Crippen LogP contribution in [-0.4, -0.2) is 45.3 Å². The monoisotopic (exact) mass is 345 g/mol. The van der Waals surface area contributed by atoms with E-state index in [1.165, 1.54) is 0 Å². The lowest BCUT2D eigenvalue weighted by Crippen LogP contribution is -2.50. The normalized spacial score (nSPS) is 17.0. The van der Waals surface area contributed by atoms with Crippen molar-refractivity contribution < 1.29 is 9.59 Å². The summed E-state index contributed by atoms with van der Waals surface area (Å²) in [5, 5.41) is 8.88. The molecule has 1 aliphatic heterocycles. The summed E-state index contributed by atoms with van der Waals surface area (Å²) >= 11 is 1.62. The number of nitriles is 1. The Hall–Kier alpha value is -2.00. The largest absolute Gasteiger partial charge is 0.334 e. The molecule has 2 amide bonds. The summed E-state index contributed by atoms with van der Waals surface area (Å²) in [6.45, 7) is 6.27. The van der Waals surface area contributed by atoms with Gasteiger partial charge in [-0.3, -0.25) is 9.59 Å². The lowest BCUT2D eigenvalue weighted by Gasteiger charge is -2.32. The van der Waals surface area contributed by atoms with Gasteiger partial charge in [0.15, 0.2) is 0 Å². The maximum atomic E-state index is 13.0. The Morgan fingerprint density at radius 2 is 2.04 bits per heavy atom. The lowest BCUT2D eigenvalue weighted by molar-refractivity contribution is -0.144. The first-order valence-corrected chi connectivity index (χ1v) is 9.30. The van der Waals surface area contributed by atoms with Crippen molar-refractivity contribution in [3.63, 3.8) is 0 Å². The van der Waals surface area contributed by atoms with E-state index < -0.39 is 0 Å². The Morgan fingerprint density at radius 1 is 1.38 bits per heavy atom. The van der Waals surface area contributed by atoms with Crippen molar-refractivity contribution in [2.75, 3.05) is 11.6 Å². The van der Waals surface area contributed by atoms with E-state index in [-0.39, 0.29) is 23.9 Å². The minimum atomic E-state index is -0.372. The van der Waals surface area contributed by atoms with E-state index in [9.17, 15) is 9.59 Å². The Balaban J connectivity index is 2.15. The first kappa shape index (κ1) is 18.3. The number of amides is 2. The van der Waals surface area contributed by atoms with Gasteiger partial charge < -0.3 is 9.80 Å². The van der Waals surface area contributed by atoms with E-state index >= 15 is 0 Å². The van der Waals surface area contributed by atoms with Gasteiger partial charge in [0.2, 0.25) is 11.8 Å². The second-order valence-corrected chi connectivity index (χ2v) is 7.10. The van der Waals surface area contributed by atoms with Gasteiger partial charge in [-0.25, -0.2) is 0 Å². The third-order valence-electron chi connectivity index (χ3n) is 4.13. The molecule has 6 heteroatoms. The van der Waals surface area contributed by atoms with Crippen molar-refractivity contribution in [3.05, 3.63) is 35.4 Å². The standard InChI is InChI=1S/C18H23N3O2S/c1-4-17(22)21-12-24-11-16(21)18(23)20(13(2)3)10-15-7-5-14(9-19)6-8-15/h5-8,13,16H,4,10-12H2,1-3H3. The highest BCUT2D eigenvalue weighted by atomic mass is 32.2. The Bertz CT molecular complexity index is 637. The average molecular weight is 345 g/mol. The van der Waals surface area contributed by atoms with Crippen LogP contribution in [-0.2, 0) is 16.1 Å². The number of carbonyl (C=O) groups excluding carboxylic acids is 2. The summed E-state index contributed by atoms with van der Waals surface area (Å²) in [5.41, 5.74) is 1.59. The molecule has 1 aromatic rings. The van der Waals surface area contributed by atoms with E-state index in [2.05, 4.69) is 6.07 Å². The average Bonchev–Trinajstić information content (AvgIpc) is 3.08. The van der Waals surface area contributed by atoms with Crippen LogP contribution < -0.4 is 0 Å². The van der Waals surface area contributed by atoms with Crippen LogP contribution in [0.25, 0.3) is 0 Å². The topological polar surface area (TPSA) is 64.4 Å². The molecule has 2 rings (SSSR count). The highest BCUT2D eigenvalue weighted by molar-refractivity contribution is 7.99. The molecule has 0 N–H and O–H groups in total. The van der Waals surface area contributed by atoms with Gasteiger partial charge in [-0.15, -0.1) is 11.8 Å². The van der Waals surface area contributed by atoms with Gasteiger partial charge in [0.1, 0.15) is 6.04 Å². The fourth-order valence-corrected chi connectivity index (χ4v) is 3.86. The molecule has 1 saturated heterocycles. The van der Waals surface area contributed by atoms with Crippen LogP contribution in [0.15, 0.2) is 24.3 Å². The highest BCUT2D eigenvalue weighted by Gasteiger charge is 2.37. The predicted octanol–water partition coefficient (Wildman–Crippen LogP) is 2.61. The molecule has 0 aromatic heterocycles. The van der Waals surface area contributed by atoms with E-state index in [0.29, 0.717) is 30.2 Å².